The average Bonchev–Trinajstić information content (AvgIpc) is 2.49. The van der Waals surface area contributed by atoms with E-state index in [9.17, 15) is 0 Å². The van der Waals surface area contributed by atoms with E-state index in [0.717, 1.165) is 18.6 Å². The average molecular weight is 269 g/mol. The Morgan fingerprint density at radius 2 is 1.40 bits per heavy atom. The number of nitrogens with two attached hydrogens (primary N) is 1. The van der Waals surface area contributed by atoms with Crippen molar-refractivity contribution in [2.24, 2.45) is 11.7 Å². The molecule has 0 aliphatic heterocycles. The summed E-state index contributed by atoms with van der Waals surface area (Å²) >= 11 is 0. The van der Waals surface area contributed by atoms with Crippen LogP contribution < -0.4 is 10.5 Å². The molecule has 0 saturated heterocycles. The lowest BCUT2D eigenvalue weighted by molar-refractivity contribution is 0.414. The lowest BCUT2D eigenvalue weighted by Crippen LogP contribution is -2.19. The minimum Gasteiger partial charge on any atom is -0.497 e. The molecule has 20 heavy (non-hydrogen) atoms. The zero-order valence-electron chi connectivity index (χ0n) is 12.3. The number of ether oxygens (including phenoxy) is 1. The maximum absolute atomic E-state index is 5.93. The van der Waals surface area contributed by atoms with E-state index < -0.39 is 0 Å². The molecule has 0 heterocycles. The molecule has 2 aromatic rings. The number of methoxy groups -OCH3 is 1. The normalized spacial score (nSPS) is 12.2. The molecule has 0 radical (unpaired) electrons. The molecule has 0 aliphatic rings. The van der Waals surface area contributed by atoms with Crippen LogP contribution >= 0.6 is 0 Å². The van der Waals surface area contributed by atoms with Gasteiger partial charge in [-0.05, 0) is 55.5 Å². The summed E-state index contributed by atoms with van der Waals surface area (Å²) in [4.78, 5) is 0. The molecule has 2 heteroatoms. The highest BCUT2D eigenvalue weighted by atomic mass is 16.5. The van der Waals surface area contributed by atoms with Crippen LogP contribution in [0.4, 0.5) is 0 Å². The lowest BCUT2D eigenvalue weighted by Gasteiger charge is -2.15. The maximum atomic E-state index is 5.93. The van der Waals surface area contributed by atoms with Gasteiger partial charge < -0.3 is 10.5 Å². The molecular weight excluding hydrogens is 246 g/mol. The Morgan fingerprint density at radius 3 is 1.85 bits per heavy atom. The van der Waals surface area contributed by atoms with Crippen LogP contribution in [0.5, 0.6) is 5.75 Å². The van der Waals surface area contributed by atoms with Gasteiger partial charge >= 0.3 is 0 Å². The van der Waals surface area contributed by atoms with Crippen LogP contribution in [0.25, 0.3) is 0 Å². The molecule has 0 amide bonds. The monoisotopic (exact) mass is 269 g/mol. The zero-order valence-corrected chi connectivity index (χ0v) is 12.3. The van der Waals surface area contributed by atoms with Crippen molar-refractivity contribution in [1.29, 1.82) is 0 Å². The highest BCUT2D eigenvalue weighted by molar-refractivity contribution is 5.28. The summed E-state index contributed by atoms with van der Waals surface area (Å²) in [5.41, 5.74) is 9.90. The highest BCUT2D eigenvalue weighted by Crippen LogP contribution is 2.17. The first-order valence-corrected chi connectivity index (χ1v) is 7.10. The summed E-state index contributed by atoms with van der Waals surface area (Å²) in [5, 5.41) is 0. The molecule has 0 saturated carbocycles. The molecule has 2 nitrogen and oxygen atoms in total. The van der Waals surface area contributed by atoms with E-state index in [4.69, 9.17) is 10.5 Å². The summed E-state index contributed by atoms with van der Waals surface area (Å²) in [6.07, 6.45) is 2.04. The number of hydrogen-bond acceptors (Lipinski definition) is 2. The van der Waals surface area contributed by atoms with Crippen molar-refractivity contribution in [1.82, 2.24) is 0 Å². The van der Waals surface area contributed by atoms with Gasteiger partial charge in [0.25, 0.3) is 0 Å². The Kier molecular flexibility index (Phi) is 5.19. The minimum absolute atomic E-state index is 0.478. The number of rotatable bonds is 6. The highest BCUT2D eigenvalue weighted by Gasteiger charge is 2.09. The third-order valence-electron chi connectivity index (χ3n) is 3.66. The second kappa shape index (κ2) is 7.11. The third-order valence-corrected chi connectivity index (χ3v) is 3.66. The zero-order chi connectivity index (χ0) is 14.4. The standard InChI is InChI=1S/C18H23NO/c1-14-3-5-15(6-4-14)11-17(13-19)12-16-7-9-18(20-2)10-8-16/h3-10,17H,11-13,19H2,1-2H3. The molecule has 2 N–H and O–H groups in total. The van der Waals surface area contributed by atoms with Crippen molar-refractivity contribution in [2.75, 3.05) is 13.7 Å². The van der Waals surface area contributed by atoms with Crippen LogP contribution in [-0.4, -0.2) is 13.7 Å². The molecule has 106 valence electrons. The fraction of sp³-hybridized carbons (Fsp3) is 0.333. The van der Waals surface area contributed by atoms with Gasteiger partial charge in [0.15, 0.2) is 0 Å². The molecule has 0 aliphatic carbocycles. The van der Waals surface area contributed by atoms with Crippen molar-refractivity contribution in [3.05, 3.63) is 65.2 Å². The first-order valence-electron chi connectivity index (χ1n) is 7.10. The van der Waals surface area contributed by atoms with E-state index >= 15 is 0 Å². The Labute approximate surface area is 121 Å². The molecule has 1 unspecified atom stereocenters. The van der Waals surface area contributed by atoms with E-state index in [-0.39, 0.29) is 0 Å². The largest absolute Gasteiger partial charge is 0.497 e. The predicted molar refractivity (Wildman–Crippen MR) is 84.1 cm³/mol. The van der Waals surface area contributed by atoms with Crippen molar-refractivity contribution >= 4 is 0 Å². The smallest absolute Gasteiger partial charge is 0.118 e. The topological polar surface area (TPSA) is 35.2 Å². The number of benzene rings is 2. The fourth-order valence-electron chi connectivity index (χ4n) is 2.39. The van der Waals surface area contributed by atoms with Gasteiger partial charge in [-0.2, -0.15) is 0 Å². The Hall–Kier alpha value is -1.80. The second-order valence-electron chi connectivity index (χ2n) is 5.34. The SMILES string of the molecule is COc1ccc(CC(CN)Cc2ccc(C)cc2)cc1. The summed E-state index contributed by atoms with van der Waals surface area (Å²) in [6.45, 7) is 2.82. The molecule has 0 spiro atoms. The fourth-order valence-corrected chi connectivity index (χ4v) is 2.39. The third kappa shape index (κ3) is 4.10. The minimum atomic E-state index is 0.478. The van der Waals surface area contributed by atoms with Gasteiger partial charge in [0.1, 0.15) is 5.75 Å². The van der Waals surface area contributed by atoms with E-state index in [0.29, 0.717) is 12.5 Å². The van der Waals surface area contributed by atoms with Gasteiger partial charge in [0.05, 0.1) is 7.11 Å². The van der Waals surface area contributed by atoms with Crippen LogP contribution in [0.3, 0.4) is 0 Å². The van der Waals surface area contributed by atoms with Gasteiger partial charge in [-0.25, -0.2) is 0 Å². The summed E-state index contributed by atoms with van der Waals surface area (Å²) < 4.78 is 5.18. The predicted octanol–water partition coefficient (Wildman–Crippen LogP) is 3.36. The summed E-state index contributed by atoms with van der Waals surface area (Å²) in [6, 6.07) is 17.0. The van der Waals surface area contributed by atoms with Gasteiger partial charge in [0.2, 0.25) is 0 Å². The van der Waals surface area contributed by atoms with Crippen molar-refractivity contribution < 1.29 is 4.74 Å². The van der Waals surface area contributed by atoms with Gasteiger partial charge in [-0.3, -0.25) is 0 Å². The first-order chi connectivity index (χ1) is 9.71. The number of aryl methyl sites for hydroxylation is 1. The van der Waals surface area contributed by atoms with Gasteiger partial charge in [0, 0.05) is 0 Å². The van der Waals surface area contributed by atoms with Gasteiger partial charge in [-0.1, -0.05) is 42.0 Å². The number of hydrogen-bond donors (Lipinski definition) is 1. The van der Waals surface area contributed by atoms with Crippen molar-refractivity contribution in [3.8, 4) is 5.75 Å². The molecule has 0 bridgehead atoms. The molecule has 0 aromatic heterocycles. The van der Waals surface area contributed by atoms with E-state index in [1.165, 1.54) is 16.7 Å². The van der Waals surface area contributed by atoms with Crippen molar-refractivity contribution in [3.63, 3.8) is 0 Å². The van der Waals surface area contributed by atoms with Crippen LogP contribution in [0, 0.1) is 12.8 Å². The molecule has 1 atom stereocenters. The van der Waals surface area contributed by atoms with Crippen LogP contribution in [0.1, 0.15) is 16.7 Å². The van der Waals surface area contributed by atoms with E-state index in [1.54, 1.807) is 7.11 Å². The lowest BCUT2D eigenvalue weighted by atomic mass is 9.92. The van der Waals surface area contributed by atoms with E-state index in [1.807, 2.05) is 12.1 Å². The molecular formula is C18H23NO. The quantitative estimate of drug-likeness (QED) is 0.872. The first kappa shape index (κ1) is 14.6. The van der Waals surface area contributed by atoms with Crippen LogP contribution in [0.15, 0.2) is 48.5 Å². The Bertz CT molecular complexity index is 516. The summed E-state index contributed by atoms with van der Waals surface area (Å²) in [5.74, 6) is 1.38. The van der Waals surface area contributed by atoms with E-state index in [2.05, 4.69) is 43.3 Å². The second-order valence-corrected chi connectivity index (χ2v) is 5.34. The maximum Gasteiger partial charge on any atom is 0.118 e. The van der Waals surface area contributed by atoms with Crippen LogP contribution in [-0.2, 0) is 12.8 Å². The van der Waals surface area contributed by atoms with Crippen LogP contribution in [0.2, 0.25) is 0 Å². The molecule has 2 rings (SSSR count). The molecule has 2 aromatic carbocycles. The van der Waals surface area contributed by atoms with Gasteiger partial charge in [-0.15, -0.1) is 0 Å². The Balaban J connectivity index is 1.99. The Morgan fingerprint density at radius 1 is 0.900 bits per heavy atom. The van der Waals surface area contributed by atoms with Crippen molar-refractivity contribution in [2.45, 2.75) is 19.8 Å². The summed E-state index contributed by atoms with van der Waals surface area (Å²) in [7, 11) is 1.69. The molecule has 0 fully saturated rings.